The van der Waals surface area contributed by atoms with Crippen molar-refractivity contribution in [3.8, 4) is 0 Å². The molecule has 0 spiro atoms. The molecule has 0 unspecified atom stereocenters. The zero-order valence-electron chi connectivity index (χ0n) is 9.28. The van der Waals surface area contributed by atoms with Gasteiger partial charge in [-0.2, -0.15) is 13.2 Å². The van der Waals surface area contributed by atoms with Crippen molar-refractivity contribution in [3.05, 3.63) is 0 Å². The number of carbonyl (C=O) groups excluding carboxylic acids is 3. The summed E-state index contributed by atoms with van der Waals surface area (Å²) in [5.74, 6) is -1.62. The number of amides is 4. The lowest BCUT2D eigenvalue weighted by atomic mass is 10.5. The van der Waals surface area contributed by atoms with E-state index in [0.717, 1.165) is 4.90 Å². The minimum absolute atomic E-state index is 0.171. The van der Waals surface area contributed by atoms with E-state index >= 15 is 0 Å². The van der Waals surface area contributed by atoms with Crippen molar-refractivity contribution in [3.63, 3.8) is 0 Å². The minimum atomic E-state index is -4.58. The van der Waals surface area contributed by atoms with Crippen molar-refractivity contribution in [1.29, 1.82) is 0 Å². The Hall–Kier alpha value is -1.84. The van der Waals surface area contributed by atoms with Gasteiger partial charge < -0.3 is 4.90 Å². The number of likely N-dealkylation sites (N-methyl/N-ethyl adjacent to an activating group) is 1. The predicted molar refractivity (Wildman–Crippen MR) is 49.9 cm³/mol. The molecule has 1 aliphatic heterocycles. The van der Waals surface area contributed by atoms with Gasteiger partial charge in [0.2, 0.25) is 0 Å². The molecule has 1 rings (SSSR count). The van der Waals surface area contributed by atoms with Gasteiger partial charge in [-0.1, -0.05) is 0 Å². The fourth-order valence-electron chi connectivity index (χ4n) is 1.20. The molecule has 1 heterocycles. The van der Waals surface area contributed by atoms with Crippen LogP contribution in [-0.4, -0.2) is 60.6 Å². The monoisotopic (exact) mass is 269 g/mol. The number of nitrogens with one attached hydrogen (secondary N) is 1. The van der Waals surface area contributed by atoms with E-state index in [9.17, 15) is 27.6 Å². The third kappa shape index (κ3) is 3.87. The molecular formula is C8H10F3N3O4. The first-order chi connectivity index (χ1) is 8.20. The molecule has 0 aliphatic carbocycles. The van der Waals surface area contributed by atoms with Crippen molar-refractivity contribution < 1.29 is 32.4 Å². The van der Waals surface area contributed by atoms with Gasteiger partial charge in [0, 0.05) is 7.05 Å². The Kier molecular flexibility index (Phi) is 4.11. The van der Waals surface area contributed by atoms with Gasteiger partial charge in [-0.3, -0.25) is 19.3 Å². The van der Waals surface area contributed by atoms with Gasteiger partial charge in [-0.25, -0.2) is 10.3 Å². The Morgan fingerprint density at radius 3 is 2.50 bits per heavy atom. The van der Waals surface area contributed by atoms with Gasteiger partial charge in [-0.15, -0.1) is 0 Å². The van der Waals surface area contributed by atoms with Crippen molar-refractivity contribution >= 4 is 17.8 Å². The number of rotatable bonds is 4. The van der Waals surface area contributed by atoms with Gasteiger partial charge >= 0.3 is 12.2 Å². The van der Waals surface area contributed by atoms with Crippen LogP contribution < -0.4 is 5.48 Å². The number of alkyl halides is 3. The molecule has 0 saturated carbocycles. The maximum absolute atomic E-state index is 11.7. The Bertz CT molecular complexity index is 371. The standard InChI is InChI=1S/C8H10F3N3O4/c1-13-3-6(16)14(7(13)17)2-5(15)12-18-4-8(9,10)11/h2-4H2,1H3,(H,12,15). The Balaban J connectivity index is 2.37. The number of urea groups is 1. The van der Waals surface area contributed by atoms with E-state index in [0.29, 0.717) is 4.90 Å². The van der Waals surface area contributed by atoms with Crippen molar-refractivity contribution in [2.75, 3.05) is 26.7 Å². The van der Waals surface area contributed by atoms with Crippen LogP contribution in [-0.2, 0) is 14.4 Å². The van der Waals surface area contributed by atoms with E-state index < -0.39 is 37.2 Å². The summed E-state index contributed by atoms with van der Waals surface area (Å²) >= 11 is 0. The maximum Gasteiger partial charge on any atom is 0.414 e. The molecule has 0 bridgehead atoms. The van der Waals surface area contributed by atoms with Crippen molar-refractivity contribution in [2.45, 2.75) is 6.18 Å². The van der Waals surface area contributed by atoms with Crippen LogP contribution in [0.2, 0.25) is 0 Å². The van der Waals surface area contributed by atoms with Crippen molar-refractivity contribution in [2.24, 2.45) is 0 Å². The smallest absolute Gasteiger partial charge is 0.318 e. The van der Waals surface area contributed by atoms with Crippen LogP contribution in [0, 0.1) is 0 Å². The van der Waals surface area contributed by atoms with E-state index in [4.69, 9.17) is 0 Å². The third-order valence-electron chi connectivity index (χ3n) is 1.95. The second-order valence-electron chi connectivity index (χ2n) is 3.55. The number of nitrogens with zero attached hydrogens (tertiary/aromatic N) is 2. The second kappa shape index (κ2) is 5.21. The normalized spacial score (nSPS) is 16.4. The molecule has 0 atom stereocenters. The summed E-state index contributed by atoms with van der Waals surface area (Å²) in [6.45, 7) is -2.50. The van der Waals surface area contributed by atoms with Crippen LogP contribution in [0.3, 0.4) is 0 Å². The Morgan fingerprint density at radius 1 is 1.44 bits per heavy atom. The molecular weight excluding hydrogens is 259 g/mol. The average molecular weight is 269 g/mol. The van der Waals surface area contributed by atoms with Crippen LogP contribution in [0.1, 0.15) is 0 Å². The summed E-state index contributed by atoms with van der Waals surface area (Å²) in [7, 11) is 1.36. The molecule has 1 N–H and O–H groups in total. The summed E-state index contributed by atoms with van der Waals surface area (Å²) in [5, 5.41) is 0. The van der Waals surface area contributed by atoms with Crippen LogP contribution in [0.5, 0.6) is 0 Å². The molecule has 102 valence electrons. The number of carbonyl (C=O) groups is 3. The van der Waals surface area contributed by atoms with Crippen LogP contribution in [0.25, 0.3) is 0 Å². The summed E-state index contributed by atoms with van der Waals surface area (Å²) < 4.78 is 35.1. The van der Waals surface area contributed by atoms with E-state index in [1.807, 2.05) is 0 Å². The maximum atomic E-state index is 11.7. The molecule has 0 radical (unpaired) electrons. The lowest BCUT2D eigenvalue weighted by Crippen LogP contribution is -2.41. The third-order valence-corrected chi connectivity index (χ3v) is 1.95. The predicted octanol–water partition coefficient (Wildman–Crippen LogP) is -0.510. The number of halogens is 3. The Labute approximate surface area is 99.4 Å². The highest BCUT2D eigenvalue weighted by Crippen LogP contribution is 2.13. The average Bonchev–Trinajstić information content (AvgIpc) is 2.43. The highest BCUT2D eigenvalue weighted by molar-refractivity contribution is 6.04. The fourth-order valence-corrected chi connectivity index (χ4v) is 1.20. The number of hydrogen-bond acceptors (Lipinski definition) is 4. The number of hydroxylamine groups is 1. The minimum Gasteiger partial charge on any atom is -0.318 e. The van der Waals surface area contributed by atoms with Crippen LogP contribution in [0.4, 0.5) is 18.0 Å². The zero-order valence-corrected chi connectivity index (χ0v) is 9.28. The van der Waals surface area contributed by atoms with E-state index in [1.165, 1.54) is 12.5 Å². The topological polar surface area (TPSA) is 79.0 Å². The van der Waals surface area contributed by atoms with Gasteiger partial charge in [0.25, 0.3) is 11.8 Å². The van der Waals surface area contributed by atoms with Crippen LogP contribution >= 0.6 is 0 Å². The number of hydrogen-bond donors (Lipinski definition) is 1. The fraction of sp³-hybridized carbons (Fsp3) is 0.625. The first kappa shape index (κ1) is 14.2. The molecule has 1 aliphatic rings. The second-order valence-corrected chi connectivity index (χ2v) is 3.55. The summed E-state index contributed by atoms with van der Waals surface area (Å²) in [5.41, 5.74) is 1.50. The lowest BCUT2D eigenvalue weighted by molar-refractivity contribution is -0.191. The zero-order chi connectivity index (χ0) is 13.9. The molecule has 0 aromatic carbocycles. The van der Waals surface area contributed by atoms with E-state index in [-0.39, 0.29) is 6.54 Å². The highest BCUT2D eigenvalue weighted by atomic mass is 19.4. The lowest BCUT2D eigenvalue weighted by Gasteiger charge is -2.14. The van der Waals surface area contributed by atoms with E-state index in [2.05, 4.69) is 4.84 Å². The largest absolute Gasteiger partial charge is 0.414 e. The highest BCUT2D eigenvalue weighted by Gasteiger charge is 2.35. The Morgan fingerprint density at radius 2 is 2.06 bits per heavy atom. The van der Waals surface area contributed by atoms with Crippen molar-refractivity contribution in [1.82, 2.24) is 15.3 Å². The van der Waals surface area contributed by atoms with E-state index in [1.54, 1.807) is 0 Å². The summed E-state index contributed by atoms with van der Waals surface area (Å²) in [6.07, 6.45) is -4.58. The molecule has 18 heavy (non-hydrogen) atoms. The number of imide groups is 1. The molecule has 7 nitrogen and oxygen atoms in total. The summed E-state index contributed by atoms with van der Waals surface area (Å²) in [4.78, 5) is 39.2. The first-order valence-corrected chi connectivity index (χ1v) is 4.73. The first-order valence-electron chi connectivity index (χ1n) is 4.73. The van der Waals surface area contributed by atoms with Gasteiger partial charge in [0.15, 0.2) is 6.61 Å². The molecule has 1 saturated heterocycles. The molecule has 0 aromatic heterocycles. The molecule has 0 aromatic rings. The van der Waals surface area contributed by atoms with Gasteiger partial charge in [0.05, 0.1) is 0 Å². The van der Waals surface area contributed by atoms with Gasteiger partial charge in [-0.05, 0) is 0 Å². The van der Waals surface area contributed by atoms with Crippen LogP contribution in [0.15, 0.2) is 0 Å². The quantitative estimate of drug-likeness (QED) is 0.550. The molecule has 1 fully saturated rings. The SMILES string of the molecule is CN1CC(=O)N(CC(=O)NOCC(F)(F)F)C1=O. The molecule has 4 amide bonds. The molecule has 10 heteroatoms. The van der Waals surface area contributed by atoms with Gasteiger partial charge in [0.1, 0.15) is 13.1 Å². The summed E-state index contributed by atoms with van der Waals surface area (Å²) in [6, 6.07) is -0.689.